The van der Waals surface area contributed by atoms with Crippen LogP contribution in [-0.4, -0.2) is 110 Å². The summed E-state index contributed by atoms with van der Waals surface area (Å²) < 4.78 is 35.5. The van der Waals surface area contributed by atoms with Gasteiger partial charge in [0.2, 0.25) is 3.79 Å². The van der Waals surface area contributed by atoms with Gasteiger partial charge in [0.15, 0.2) is 6.04 Å². The summed E-state index contributed by atoms with van der Waals surface area (Å²) in [7, 11) is 2.86. The van der Waals surface area contributed by atoms with E-state index in [1.165, 1.54) is 14.2 Å². The molecule has 0 aliphatic carbocycles. The number of esters is 2. The van der Waals surface area contributed by atoms with Gasteiger partial charge in [0.05, 0.1) is 6.10 Å². The molecule has 12 nitrogen and oxygen atoms in total. The molecule has 1 heterocycles. The number of nitrogens with one attached hydrogen (secondary N) is 1. The molecule has 0 saturated carbocycles. The summed E-state index contributed by atoms with van der Waals surface area (Å²) in [6, 6.07) is -2.21. The zero-order valence-electron chi connectivity index (χ0n) is 23.0. The molecule has 0 unspecified atom stereocenters. The first-order valence-electron chi connectivity index (χ1n) is 11.8. The van der Waals surface area contributed by atoms with Crippen LogP contribution in [0.4, 0.5) is 4.79 Å². The number of ether oxygens (including phenoxy) is 7. The summed E-state index contributed by atoms with van der Waals surface area (Å²) in [4.78, 5) is 40.3. The van der Waals surface area contributed by atoms with Crippen LogP contribution in [0.2, 0.25) is 0 Å². The quantitative estimate of drug-likeness (QED) is 0.143. The number of halogens is 3. The second kappa shape index (κ2) is 15.0. The fourth-order valence-electron chi connectivity index (χ4n) is 3.32. The van der Waals surface area contributed by atoms with Crippen molar-refractivity contribution in [2.45, 2.75) is 80.8 Å². The lowest BCUT2D eigenvalue weighted by Crippen LogP contribution is -2.68. The fourth-order valence-corrected chi connectivity index (χ4v) is 3.48. The molecule has 15 heteroatoms. The first-order valence-corrected chi connectivity index (χ1v) is 12.9. The molecule has 1 saturated heterocycles. The lowest BCUT2D eigenvalue weighted by Gasteiger charge is -2.47. The summed E-state index contributed by atoms with van der Waals surface area (Å²) in [5.41, 5.74) is -1.64. The van der Waals surface area contributed by atoms with Gasteiger partial charge in [0.1, 0.15) is 43.5 Å². The number of carbonyl (C=O) groups is 3. The van der Waals surface area contributed by atoms with Crippen molar-refractivity contribution in [2.24, 2.45) is 0 Å². The average molecular weight is 610 g/mol. The van der Waals surface area contributed by atoms with Gasteiger partial charge < -0.3 is 38.5 Å². The predicted octanol–water partition coefficient (Wildman–Crippen LogP) is 2.80. The van der Waals surface area contributed by atoms with Gasteiger partial charge in [-0.05, 0) is 41.5 Å². The number of rotatable bonds is 13. The number of hydrogen-bond donors (Lipinski definition) is 1. The van der Waals surface area contributed by atoms with E-state index in [1.54, 1.807) is 46.4 Å². The molecule has 1 amide bonds. The van der Waals surface area contributed by atoms with Crippen molar-refractivity contribution in [1.82, 2.24) is 10.2 Å². The molecule has 0 radical (unpaired) electrons. The second-order valence-electron chi connectivity index (χ2n) is 10.5. The third-order valence-electron chi connectivity index (χ3n) is 4.70. The highest BCUT2D eigenvalue weighted by Crippen LogP contribution is 2.27. The first-order chi connectivity index (χ1) is 17.4. The highest BCUT2D eigenvalue weighted by Gasteiger charge is 2.49. The van der Waals surface area contributed by atoms with Gasteiger partial charge in [-0.2, -0.15) is 0 Å². The Morgan fingerprint density at radius 2 is 1.53 bits per heavy atom. The molecule has 1 rings (SSSR count). The Kier molecular flexibility index (Phi) is 13.8. The number of hydrogen-bond acceptors (Lipinski definition) is 11. The van der Waals surface area contributed by atoms with Crippen molar-refractivity contribution in [3.05, 3.63) is 0 Å². The fraction of sp³-hybridized carbons (Fsp3) is 0.870. The molecule has 38 heavy (non-hydrogen) atoms. The minimum absolute atomic E-state index is 0.0191. The van der Waals surface area contributed by atoms with E-state index < -0.39 is 63.9 Å². The SMILES string of the molecule is COCO[C@H]1CN(C[C@@H](OCOC)[C@H](NC(=O)OCC(Cl)(Cl)Cl)C(=O)OC(C)(C)C)[C@@H]1C(=O)OC(C)(C)C. The maximum atomic E-state index is 13.2. The third kappa shape index (κ3) is 13.3. The molecule has 0 aromatic rings. The van der Waals surface area contributed by atoms with Crippen LogP contribution in [0.3, 0.4) is 0 Å². The van der Waals surface area contributed by atoms with E-state index in [1.807, 2.05) is 0 Å². The molecular formula is C23H39Cl3N2O10. The number of methoxy groups -OCH3 is 2. The van der Waals surface area contributed by atoms with Crippen molar-refractivity contribution in [3.8, 4) is 0 Å². The van der Waals surface area contributed by atoms with Gasteiger partial charge in [0.25, 0.3) is 0 Å². The topological polar surface area (TPSA) is 131 Å². The van der Waals surface area contributed by atoms with E-state index in [2.05, 4.69) is 5.32 Å². The van der Waals surface area contributed by atoms with Crippen LogP contribution < -0.4 is 5.32 Å². The third-order valence-corrected chi connectivity index (χ3v) is 5.02. The maximum absolute atomic E-state index is 13.2. The van der Waals surface area contributed by atoms with Crippen LogP contribution >= 0.6 is 34.8 Å². The lowest BCUT2D eigenvalue weighted by atomic mass is 9.96. The van der Waals surface area contributed by atoms with Crippen LogP contribution in [0.1, 0.15) is 41.5 Å². The minimum Gasteiger partial charge on any atom is -0.459 e. The predicted molar refractivity (Wildman–Crippen MR) is 139 cm³/mol. The van der Waals surface area contributed by atoms with Gasteiger partial charge in [-0.3, -0.25) is 9.69 Å². The molecule has 0 aromatic carbocycles. The molecule has 0 bridgehead atoms. The Hall–Kier alpha value is -1.12. The number of nitrogens with zero attached hydrogens (tertiary/aromatic N) is 1. The standard InChI is InChI=1S/C23H39Cl3N2O10/c1-21(2,3)37-18(29)16(27-20(31)34-11-23(24,25)26)14(35-12-32-7)9-28-10-15(36-13-33-8)17(28)19(30)38-22(4,5)6/h14-17H,9-13H2,1-8H3,(H,27,31)/t14-,15+,16+,17+/m1/s1. The van der Waals surface area contributed by atoms with Gasteiger partial charge in [0, 0.05) is 27.3 Å². The van der Waals surface area contributed by atoms with E-state index in [0.717, 1.165) is 0 Å². The summed E-state index contributed by atoms with van der Waals surface area (Å²) in [5.74, 6) is -1.34. The van der Waals surface area contributed by atoms with Gasteiger partial charge in [-0.25, -0.2) is 9.59 Å². The molecule has 1 aliphatic heterocycles. The molecule has 1 fully saturated rings. The smallest absolute Gasteiger partial charge is 0.408 e. The van der Waals surface area contributed by atoms with Crippen LogP contribution in [0, 0.1) is 0 Å². The Balaban J connectivity index is 3.21. The summed E-state index contributed by atoms with van der Waals surface area (Å²) >= 11 is 17.0. The van der Waals surface area contributed by atoms with Crippen molar-refractivity contribution >= 4 is 52.8 Å². The number of carbonyl (C=O) groups excluding carboxylic acids is 3. The van der Waals surface area contributed by atoms with E-state index in [0.29, 0.717) is 6.54 Å². The Morgan fingerprint density at radius 1 is 0.947 bits per heavy atom. The molecule has 1 aliphatic rings. The molecule has 0 aromatic heterocycles. The van der Waals surface area contributed by atoms with Crippen molar-refractivity contribution in [2.75, 3.05) is 47.5 Å². The lowest BCUT2D eigenvalue weighted by molar-refractivity contribution is -0.201. The summed E-state index contributed by atoms with van der Waals surface area (Å²) in [6.45, 7) is 9.67. The number of alkyl halides is 3. The zero-order chi connectivity index (χ0) is 29.3. The van der Waals surface area contributed by atoms with E-state index in [4.69, 9.17) is 68.0 Å². The summed E-state index contributed by atoms with van der Waals surface area (Å²) in [5, 5.41) is 2.42. The van der Waals surface area contributed by atoms with Crippen LogP contribution in [-0.2, 0) is 42.7 Å². The van der Waals surface area contributed by atoms with E-state index >= 15 is 0 Å². The Morgan fingerprint density at radius 3 is 2.03 bits per heavy atom. The average Bonchev–Trinajstić information content (AvgIpc) is 2.71. The van der Waals surface area contributed by atoms with Gasteiger partial charge >= 0.3 is 18.0 Å². The normalized spacial score (nSPS) is 20.2. The summed E-state index contributed by atoms with van der Waals surface area (Å²) in [6.07, 6.45) is -2.64. The second-order valence-corrected chi connectivity index (χ2v) is 13.0. The Bertz CT molecular complexity index is 783. The monoisotopic (exact) mass is 608 g/mol. The molecule has 0 spiro atoms. The first kappa shape index (κ1) is 34.9. The van der Waals surface area contributed by atoms with Crippen molar-refractivity contribution < 1.29 is 47.5 Å². The highest BCUT2D eigenvalue weighted by atomic mass is 35.6. The highest BCUT2D eigenvalue weighted by molar-refractivity contribution is 6.67. The number of likely N-dealkylation sites (tertiary alicyclic amines) is 1. The Labute approximate surface area is 238 Å². The molecule has 222 valence electrons. The van der Waals surface area contributed by atoms with E-state index in [9.17, 15) is 14.4 Å². The number of amides is 1. The van der Waals surface area contributed by atoms with Crippen LogP contribution in [0.5, 0.6) is 0 Å². The molecule has 1 N–H and O–H groups in total. The molecule has 4 atom stereocenters. The van der Waals surface area contributed by atoms with E-state index in [-0.39, 0.29) is 20.1 Å². The zero-order valence-corrected chi connectivity index (χ0v) is 25.3. The van der Waals surface area contributed by atoms with Crippen LogP contribution in [0.15, 0.2) is 0 Å². The van der Waals surface area contributed by atoms with Crippen molar-refractivity contribution in [1.29, 1.82) is 0 Å². The minimum atomic E-state index is -1.86. The number of alkyl carbamates (subject to hydrolysis) is 1. The maximum Gasteiger partial charge on any atom is 0.408 e. The van der Waals surface area contributed by atoms with Gasteiger partial charge in [-0.15, -0.1) is 0 Å². The van der Waals surface area contributed by atoms with Crippen molar-refractivity contribution in [3.63, 3.8) is 0 Å². The molecular weight excluding hydrogens is 571 g/mol. The largest absolute Gasteiger partial charge is 0.459 e. The van der Waals surface area contributed by atoms with Crippen LogP contribution in [0.25, 0.3) is 0 Å². The van der Waals surface area contributed by atoms with Gasteiger partial charge in [-0.1, -0.05) is 34.8 Å².